The standard InChI is InChI=1S/C12H24N2O/c13-7-3-1-2-4-8-14-9-11-5-6-12(10-14)15-11/h11-12H,1-10,13H2. The summed E-state index contributed by atoms with van der Waals surface area (Å²) in [5.41, 5.74) is 5.47. The Morgan fingerprint density at radius 2 is 1.67 bits per heavy atom. The number of unbranched alkanes of at least 4 members (excludes halogenated alkanes) is 3. The molecule has 2 aliphatic heterocycles. The molecule has 2 unspecified atom stereocenters. The first-order valence-electron chi connectivity index (χ1n) is 6.46. The smallest absolute Gasteiger partial charge is 0.0707 e. The lowest BCUT2D eigenvalue weighted by Gasteiger charge is -2.31. The molecular weight excluding hydrogens is 188 g/mol. The van der Waals surface area contributed by atoms with Crippen molar-refractivity contribution >= 4 is 0 Å². The lowest BCUT2D eigenvalue weighted by atomic mass is 10.2. The van der Waals surface area contributed by atoms with E-state index < -0.39 is 0 Å². The highest BCUT2D eigenvalue weighted by atomic mass is 16.5. The third-order valence-electron chi connectivity index (χ3n) is 3.55. The molecule has 2 aliphatic rings. The second kappa shape index (κ2) is 5.83. The Labute approximate surface area is 93.0 Å². The van der Waals surface area contributed by atoms with E-state index in [1.165, 1.54) is 58.2 Å². The molecule has 2 atom stereocenters. The average molecular weight is 212 g/mol. The van der Waals surface area contributed by atoms with Gasteiger partial charge in [-0.2, -0.15) is 0 Å². The van der Waals surface area contributed by atoms with Crippen molar-refractivity contribution in [1.29, 1.82) is 0 Å². The summed E-state index contributed by atoms with van der Waals surface area (Å²) in [5, 5.41) is 0. The first-order chi connectivity index (χ1) is 7.38. The van der Waals surface area contributed by atoms with E-state index in [0.717, 1.165) is 6.54 Å². The Morgan fingerprint density at radius 1 is 1.00 bits per heavy atom. The maximum atomic E-state index is 5.81. The third kappa shape index (κ3) is 3.44. The fourth-order valence-corrected chi connectivity index (χ4v) is 2.72. The van der Waals surface area contributed by atoms with Crippen molar-refractivity contribution in [2.75, 3.05) is 26.2 Å². The molecular formula is C12H24N2O. The van der Waals surface area contributed by atoms with Gasteiger partial charge >= 0.3 is 0 Å². The monoisotopic (exact) mass is 212 g/mol. The summed E-state index contributed by atoms with van der Waals surface area (Å²) in [6.45, 7) is 4.46. The van der Waals surface area contributed by atoms with Crippen LogP contribution in [-0.4, -0.2) is 43.3 Å². The molecule has 2 N–H and O–H groups in total. The number of fused-ring (bicyclic) bond motifs is 2. The van der Waals surface area contributed by atoms with E-state index in [4.69, 9.17) is 10.5 Å². The number of hydrogen-bond acceptors (Lipinski definition) is 3. The van der Waals surface area contributed by atoms with Gasteiger partial charge in [0.1, 0.15) is 0 Å². The molecule has 3 nitrogen and oxygen atoms in total. The van der Waals surface area contributed by atoms with E-state index in [2.05, 4.69) is 4.90 Å². The maximum Gasteiger partial charge on any atom is 0.0707 e. The fourth-order valence-electron chi connectivity index (χ4n) is 2.72. The summed E-state index contributed by atoms with van der Waals surface area (Å²) < 4.78 is 5.81. The maximum absolute atomic E-state index is 5.81. The molecule has 0 aliphatic carbocycles. The lowest BCUT2D eigenvalue weighted by Crippen LogP contribution is -2.42. The Kier molecular flexibility index (Phi) is 4.42. The quantitative estimate of drug-likeness (QED) is 0.676. The predicted octanol–water partition coefficient (Wildman–Crippen LogP) is 1.37. The summed E-state index contributed by atoms with van der Waals surface area (Å²) in [5.74, 6) is 0. The van der Waals surface area contributed by atoms with Gasteiger partial charge in [-0.15, -0.1) is 0 Å². The first-order valence-corrected chi connectivity index (χ1v) is 6.46. The Balaban J connectivity index is 1.56. The number of nitrogens with zero attached hydrogens (tertiary/aromatic N) is 1. The highest BCUT2D eigenvalue weighted by Gasteiger charge is 2.32. The van der Waals surface area contributed by atoms with Gasteiger partial charge in [0.15, 0.2) is 0 Å². The van der Waals surface area contributed by atoms with Crippen LogP contribution in [0.3, 0.4) is 0 Å². The van der Waals surface area contributed by atoms with Crippen molar-refractivity contribution in [3.8, 4) is 0 Å². The van der Waals surface area contributed by atoms with Gasteiger partial charge in [-0.1, -0.05) is 12.8 Å². The zero-order valence-corrected chi connectivity index (χ0v) is 9.66. The third-order valence-corrected chi connectivity index (χ3v) is 3.55. The Bertz CT molecular complexity index is 174. The molecule has 2 saturated heterocycles. The molecule has 3 heteroatoms. The minimum absolute atomic E-state index is 0.549. The molecule has 0 aromatic carbocycles. The number of nitrogens with two attached hydrogens (primary N) is 1. The number of likely N-dealkylation sites (tertiary alicyclic amines) is 1. The molecule has 0 amide bonds. The number of ether oxygens (including phenoxy) is 1. The highest BCUT2D eigenvalue weighted by Crippen LogP contribution is 2.26. The minimum atomic E-state index is 0.549. The average Bonchev–Trinajstić information content (AvgIpc) is 2.58. The van der Waals surface area contributed by atoms with Crippen LogP contribution >= 0.6 is 0 Å². The van der Waals surface area contributed by atoms with Gasteiger partial charge in [0.2, 0.25) is 0 Å². The summed E-state index contributed by atoms with van der Waals surface area (Å²) in [6.07, 6.45) is 8.83. The highest BCUT2D eigenvalue weighted by molar-refractivity contribution is 4.84. The van der Waals surface area contributed by atoms with Gasteiger partial charge in [0, 0.05) is 13.1 Å². The van der Waals surface area contributed by atoms with E-state index in [-0.39, 0.29) is 0 Å². The Hall–Kier alpha value is -0.120. The molecule has 0 saturated carbocycles. The van der Waals surface area contributed by atoms with Gasteiger partial charge in [-0.3, -0.25) is 4.90 Å². The van der Waals surface area contributed by atoms with Crippen LogP contribution in [0.5, 0.6) is 0 Å². The fraction of sp³-hybridized carbons (Fsp3) is 1.00. The van der Waals surface area contributed by atoms with E-state index in [1.807, 2.05) is 0 Å². The molecule has 2 bridgehead atoms. The zero-order chi connectivity index (χ0) is 10.5. The summed E-state index contributed by atoms with van der Waals surface area (Å²) in [6, 6.07) is 0. The molecule has 2 heterocycles. The van der Waals surface area contributed by atoms with Crippen LogP contribution in [0.25, 0.3) is 0 Å². The summed E-state index contributed by atoms with van der Waals surface area (Å²) >= 11 is 0. The molecule has 0 spiro atoms. The lowest BCUT2D eigenvalue weighted by molar-refractivity contribution is -0.0385. The van der Waals surface area contributed by atoms with Crippen LogP contribution in [0.1, 0.15) is 38.5 Å². The Morgan fingerprint density at radius 3 is 2.33 bits per heavy atom. The number of hydrogen-bond donors (Lipinski definition) is 1. The largest absolute Gasteiger partial charge is 0.372 e. The molecule has 0 aromatic heterocycles. The van der Waals surface area contributed by atoms with Gasteiger partial charge in [-0.25, -0.2) is 0 Å². The van der Waals surface area contributed by atoms with E-state index in [9.17, 15) is 0 Å². The second-order valence-electron chi connectivity index (χ2n) is 4.92. The van der Waals surface area contributed by atoms with E-state index >= 15 is 0 Å². The number of morpholine rings is 1. The van der Waals surface area contributed by atoms with Crippen LogP contribution in [0.2, 0.25) is 0 Å². The van der Waals surface area contributed by atoms with Crippen molar-refractivity contribution in [3.05, 3.63) is 0 Å². The van der Waals surface area contributed by atoms with Crippen LogP contribution in [0.4, 0.5) is 0 Å². The molecule has 15 heavy (non-hydrogen) atoms. The van der Waals surface area contributed by atoms with Crippen molar-refractivity contribution < 1.29 is 4.74 Å². The van der Waals surface area contributed by atoms with Crippen LogP contribution in [0.15, 0.2) is 0 Å². The zero-order valence-electron chi connectivity index (χ0n) is 9.66. The van der Waals surface area contributed by atoms with Crippen molar-refractivity contribution in [2.24, 2.45) is 5.73 Å². The van der Waals surface area contributed by atoms with Crippen molar-refractivity contribution in [2.45, 2.75) is 50.7 Å². The van der Waals surface area contributed by atoms with Gasteiger partial charge in [0.05, 0.1) is 12.2 Å². The summed E-state index contributed by atoms with van der Waals surface area (Å²) in [4.78, 5) is 2.59. The van der Waals surface area contributed by atoms with E-state index in [1.54, 1.807) is 0 Å². The topological polar surface area (TPSA) is 38.5 Å². The van der Waals surface area contributed by atoms with Gasteiger partial charge in [-0.05, 0) is 38.8 Å². The predicted molar refractivity (Wildman–Crippen MR) is 61.9 cm³/mol. The molecule has 88 valence electrons. The summed E-state index contributed by atoms with van der Waals surface area (Å²) in [7, 11) is 0. The molecule has 2 fully saturated rings. The number of rotatable bonds is 6. The SMILES string of the molecule is NCCCCCCN1CC2CCC(C1)O2. The van der Waals surface area contributed by atoms with Crippen LogP contribution in [0, 0.1) is 0 Å². The van der Waals surface area contributed by atoms with Crippen LogP contribution in [-0.2, 0) is 4.74 Å². The first kappa shape index (κ1) is 11.4. The minimum Gasteiger partial charge on any atom is -0.372 e. The van der Waals surface area contributed by atoms with Crippen molar-refractivity contribution in [1.82, 2.24) is 4.90 Å². The van der Waals surface area contributed by atoms with E-state index in [0.29, 0.717) is 12.2 Å². The normalized spacial score (nSPS) is 31.0. The van der Waals surface area contributed by atoms with Crippen molar-refractivity contribution in [3.63, 3.8) is 0 Å². The second-order valence-corrected chi connectivity index (χ2v) is 4.92. The van der Waals surface area contributed by atoms with Gasteiger partial charge in [0.25, 0.3) is 0 Å². The molecule has 0 aromatic rings. The van der Waals surface area contributed by atoms with Gasteiger partial charge < -0.3 is 10.5 Å². The van der Waals surface area contributed by atoms with Crippen LogP contribution < -0.4 is 5.73 Å². The molecule has 0 radical (unpaired) electrons. The molecule has 2 rings (SSSR count).